The molecule has 86 heavy (non-hydrogen) atoms. The first kappa shape index (κ1) is 59.7. The molecule has 5 aromatic carbocycles. The van der Waals surface area contributed by atoms with Crippen molar-refractivity contribution in [1.29, 1.82) is 0 Å². The summed E-state index contributed by atoms with van der Waals surface area (Å²) in [5, 5.41) is 0.162. The summed E-state index contributed by atoms with van der Waals surface area (Å²) in [7, 11) is 3.16. The van der Waals surface area contributed by atoms with Gasteiger partial charge in [0.2, 0.25) is 11.8 Å². The number of methoxy groups -OCH3 is 2. The van der Waals surface area contributed by atoms with Gasteiger partial charge in [0.15, 0.2) is 11.5 Å². The maximum atomic E-state index is 14.3. The van der Waals surface area contributed by atoms with Crippen LogP contribution in [0, 0.1) is 6.92 Å². The summed E-state index contributed by atoms with van der Waals surface area (Å²) in [4.78, 5) is 98.2. The first-order chi connectivity index (χ1) is 41.6. The van der Waals surface area contributed by atoms with Crippen LogP contribution in [0.25, 0.3) is 0 Å². The number of aliphatic imine (C=N–C) groups is 1. The number of hydrogen-bond donors (Lipinski definition) is 0. The Balaban J connectivity index is 0.863. The van der Waals surface area contributed by atoms with Gasteiger partial charge in [-0.05, 0) is 128 Å². The lowest BCUT2D eigenvalue weighted by molar-refractivity contribution is -0.187. The number of benzene rings is 5. The largest absolute Gasteiger partial charge is 0.493 e. The summed E-state index contributed by atoms with van der Waals surface area (Å²) in [6, 6.07) is 29.4. The van der Waals surface area contributed by atoms with Gasteiger partial charge in [0.25, 0.3) is 17.7 Å². The number of hydrogen-bond acceptors (Lipinski definition) is 16. The smallest absolute Gasteiger partial charge is 0.334 e. The average Bonchev–Trinajstić information content (AvgIpc) is 2.07. The first-order valence-corrected chi connectivity index (χ1v) is 30.2. The van der Waals surface area contributed by atoms with Crippen LogP contribution in [0.5, 0.6) is 17.2 Å². The van der Waals surface area contributed by atoms with Crippen LogP contribution >= 0.6 is 11.8 Å². The number of anilines is 3. The highest BCUT2D eigenvalue weighted by Gasteiger charge is 2.43. The molecule has 0 bridgehead atoms. The Morgan fingerprint density at radius 3 is 2.13 bits per heavy atom. The Kier molecular flexibility index (Phi) is 18.0. The van der Waals surface area contributed by atoms with Gasteiger partial charge in [0, 0.05) is 91.7 Å². The van der Waals surface area contributed by atoms with Crippen molar-refractivity contribution in [3.05, 3.63) is 148 Å². The number of likely N-dealkylation sites (tertiary alicyclic amines) is 1. The van der Waals surface area contributed by atoms with E-state index in [1.807, 2.05) is 98.6 Å². The van der Waals surface area contributed by atoms with Crippen LogP contribution in [0.3, 0.4) is 0 Å². The molecule has 6 aliphatic heterocycles. The molecule has 0 radical (unpaired) electrons. The third-order valence-electron chi connectivity index (χ3n) is 16.4. The molecular formula is C66H72N6O13S. The maximum absolute atomic E-state index is 14.3. The van der Waals surface area contributed by atoms with Gasteiger partial charge in [-0.25, -0.2) is 4.79 Å². The maximum Gasteiger partial charge on any atom is 0.334 e. The molecule has 11 rings (SSSR count). The van der Waals surface area contributed by atoms with Crippen LogP contribution in [0.1, 0.15) is 100 Å². The van der Waals surface area contributed by atoms with Crippen molar-refractivity contribution in [2.45, 2.75) is 107 Å². The quantitative estimate of drug-likeness (QED) is 0.0396. The molecule has 0 aromatic heterocycles. The SMILES string of the molecule is C=C1CCC(=O)N1OC(=O)CCN1C(=O)CC(SC(C)(C)CN(CCOCCOCCOC)c2cc(COc3cc4c(cc3C)C(=O)N3c5ccccc5C[C@H]3CC4)cc(COc3cc4c(cc3OC)C(=O)N3c5ccccc5C[C@H]3C=N4)c2)C1=O. The highest BCUT2D eigenvalue weighted by molar-refractivity contribution is 8.02. The molecule has 2 saturated heterocycles. The minimum absolute atomic E-state index is 0.00163. The lowest BCUT2D eigenvalue weighted by Crippen LogP contribution is -2.41. The van der Waals surface area contributed by atoms with Gasteiger partial charge >= 0.3 is 5.97 Å². The molecule has 5 aromatic rings. The van der Waals surface area contributed by atoms with Crippen LogP contribution < -0.4 is 28.9 Å². The van der Waals surface area contributed by atoms with E-state index in [1.54, 1.807) is 24.1 Å². The first-order valence-electron chi connectivity index (χ1n) is 29.3. The van der Waals surface area contributed by atoms with Gasteiger partial charge < -0.3 is 43.1 Å². The second kappa shape index (κ2) is 25.9. The number of imide groups is 1. The van der Waals surface area contributed by atoms with Gasteiger partial charge in [-0.15, -0.1) is 16.8 Å². The van der Waals surface area contributed by atoms with Gasteiger partial charge in [0.1, 0.15) is 19.0 Å². The van der Waals surface area contributed by atoms with Crippen LogP contribution in [0.15, 0.2) is 108 Å². The molecular weight excluding hydrogens is 1120 g/mol. The number of aryl methyl sites for hydroxylation is 2. The lowest BCUT2D eigenvalue weighted by atomic mass is 9.98. The average molecular weight is 1190 g/mol. The number of allylic oxidation sites excluding steroid dienone is 1. The fourth-order valence-electron chi connectivity index (χ4n) is 12.2. The summed E-state index contributed by atoms with van der Waals surface area (Å²) in [5.41, 5.74) is 10.2. The zero-order valence-electron chi connectivity index (χ0n) is 49.3. The van der Waals surface area contributed by atoms with Crippen molar-refractivity contribution in [2.24, 2.45) is 4.99 Å². The van der Waals surface area contributed by atoms with Gasteiger partial charge in [-0.1, -0.05) is 43.0 Å². The van der Waals surface area contributed by atoms with Crippen molar-refractivity contribution >= 4 is 76.2 Å². The van der Waals surface area contributed by atoms with E-state index >= 15 is 0 Å². The van der Waals surface area contributed by atoms with Gasteiger partial charge in [0.05, 0.1) is 74.8 Å². The van der Waals surface area contributed by atoms with E-state index < -0.39 is 27.8 Å². The van der Waals surface area contributed by atoms with E-state index in [4.69, 9.17) is 38.3 Å². The molecule has 0 spiro atoms. The Labute approximate surface area is 505 Å². The van der Waals surface area contributed by atoms with E-state index in [0.29, 0.717) is 98.7 Å². The molecule has 19 nitrogen and oxygen atoms in total. The van der Waals surface area contributed by atoms with Crippen LogP contribution in [-0.2, 0) is 70.7 Å². The third-order valence-corrected chi connectivity index (χ3v) is 17.8. The molecule has 2 fully saturated rings. The number of para-hydroxylation sites is 2. The Bertz CT molecular complexity index is 3500. The number of ether oxygens (including phenoxy) is 6. The van der Waals surface area contributed by atoms with Crippen LogP contribution in [0.2, 0.25) is 0 Å². The standard InChI is InChI=1S/C66H72N6O13S/c1-41-27-51-45(16-17-48-31-46-11-7-9-13-54(46)70(48)63(51)76)33-56(41)83-38-43-28-44(39-84-58-35-53-52(34-57(58)80-6)64(77)71-50(37-67-53)32-47-12-8-10-14-55(47)71)30-49(29-43)68(21-22-81-25-26-82-24-23-79-5)40-66(3,4)86-59-36-61(74)69(65(59)78)20-19-62(75)85-72-42(2)15-18-60(72)73/h7-14,27-30,33-35,37,48,50,59H,2,15-26,31-32,36,38-40H2,1,3-6H3/t48-,50+,59?/m1/s1. The molecule has 0 saturated carbocycles. The highest BCUT2D eigenvalue weighted by Crippen LogP contribution is 2.43. The molecule has 0 aliphatic carbocycles. The number of carbonyl (C=O) groups excluding carboxylic acids is 6. The monoisotopic (exact) mass is 1190 g/mol. The normalized spacial score (nSPS) is 18.6. The number of carbonyl (C=O) groups is 6. The number of amides is 5. The predicted octanol–water partition coefficient (Wildman–Crippen LogP) is 9.08. The highest BCUT2D eigenvalue weighted by atomic mass is 32.2. The molecule has 1 unspecified atom stereocenters. The molecule has 6 heterocycles. The number of hydroxylamine groups is 2. The van der Waals surface area contributed by atoms with E-state index in [-0.39, 0.29) is 68.8 Å². The Hall–Kier alpha value is -8.04. The molecule has 0 N–H and O–H groups in total. The second-order valence-corrected chi connectivity index (χ2v) is 24.9. The topological polar surface area (TPSA) is 196 Å². The molecule has 3 atom stereocenters. The third kappa shape index (κ3) is 12.9. The molecule has 450 valence electrons. The summed E-state index contributed by atoms with van der Waals surface area (Å²) in [6.45, 7) is 12.6. The van der Waals surface area contributed by atoms with Gasteiger partial charge in [-0.2, -0.15) is 0 Å². The summed E-state index contributed by atoms with van der Waals surface area (Å²) >= 11 is 1.39. The van der Waals surface area contributed by atoms with Crippen LogP contribution in [-0.4, -0.2) is 141 Å². The fraction of sp³-hybridized carbons (Fsp3) is 0.409. The zero-order valence-corrected chi connectivity index (χ0v) is 50.1. The van der Waals surface area contributed by atoms with Crippen molar-refractivity contribution in [1.82, 2.24) is 9.96 Å². The van der Waals surface area contributed by atoms with E-state index in [0.717, 1.165) is 74.1 Å². The molecule has 5 amide bonds. The summed E-state index contributed by atoms with van der Waals surface area (Å²) in [6.07, 6.45) is 5.08. The zero-order chi connectivity index (χ0) is 60.2. The molecule has 6 aliphatic rings. The predicted molar refractivity (Wildman–Crippen MR) is 326 cm³/mol. The minimum Gasteiger partial charge on any atom is -0.493 e. The number of thioether (sulfide) groups is 1. The van der Waals surface area contributed by atoms with E-state index in [2.05, 4.69) is 23.6 Å². The lowest BCUT2D eigenvalue weighted by Gasteiger charge is -2.35. The fourth-order valence-corrected chi connectivity index (χ4v) is 13.7. The number of rotatable bonds is 25. The van der Waals surface area contributed by atoms with E-state index in [1.165, 1.54) is 24.4 Å². The van der Waals surface area contributed by atoms with Crippen molar-refractivity contribution < 1.29 is 62.0 Å². The van der Waals surface area contributed by atoms with Crippen LogP contribution in [0.4, 0.5) is 22.7 Å². The Morgan fingerprint density at radius 2 is 1.41 bits per heavy atom. The van der Waals surface area contributed by atoms with Gasteiger partial charge in [-0.3, -0.25) is 38.8 Å². The summed E-state index contributed by atoms with van der Waals surface area (Å²) in [5.74, 6) is -0.668. The summed E-state index contributed by atoms with van der Waals surface area (Å²) < 4.78 is 35.7. The number of fused-ring (bicyclic) bond motifs is 8. The minimum atomic E-state index is -0.748. The van der Waals surface area contributed by atoms with Crippen molar-refractivity contribution in [3.8, 4) is 17.2 Å². The second-order valence-electron chi connectivity index (χ2n) is 23.0. The van der Waals surface area contributed by atoms with Crippen molar-refractivity contribution in [2.75, 3.05) is 81.6 Å². The van der Waals surface area contributed by atoms with E-state index in [9.17, 15) is 28.8 Å². The van der Waals surface area contributed by atoms with Crippen molar-refractivity contribution in [3.63, 3.8) is 0 Å². The number of nitrogens with zero attached hydrogens (tertiary/aromatic N) is 6. The Morgan fingerprint density at radius 1 is 0.721 bits per heavy atom. The molecule has 20 heteroatoms.